The van der Waals surface area contributed by atoms with Crippen LogP contribution in [0.25, 0.3) is 0 Å². The lowest BCUT2D eigenvalue weighted by molar-refractivity contribution is -0.200. The van der Waals surface area contributed by atoms with Gasteiger partial charge in [0.05, 0.1) is 5.41 Å². The standard InChI is InChI=1S/C17H27NO4S/c1-4-15(2,3)13(19)21-17-8-11-5-12(9-17)7-16(6-11,10-17)18-14(20)22-23/h11-12,23H,4-10H2,1-3H3,(H,18,20). The van der Waals surface area contributed by atoms with E-state index in [0.29, 0.717) is 18.3 Å². The number of nitrogens with one attached hydrogen (secondary N) is 1. The number of amides is 1. The van der Waals surface area contributed by atoms with E-state index in [4.69, 9.17) is 4.74 Å². The molecular weight excluding hydrogens is 314 g/mol. The zero-order valence-electron chi connectivity index (χ0n) is 14.2. The Hall–Kier alpha value is -0.910. The monoisotopic (exact) mass is 341 g/mol. The molecule has 4 rings (SSSR count). The van der Waals surface area contributed by atoms with Crippen LogP contribution in [-0.2, 0) is 13.7 Å². The molecule has 4 fully saturated rings. The SMILES string of the molecule is CCC(C)(C)C(=O)OC12CC3CC(CC(NC(=O)OS)(C3)C1)C2. The fourth-order valence-electron chi connectivity index (χ4n) is 5.16. The smallest absolute Gasteiger partial charge is 0.419 e. The first-order valence-corrected chi connectivity index (χ1v) is 8.95. The largest absolute Gasteiger partial charge is 0.459 e. The maximum atomic E-state index is 12.6. The highest BCUT2D eigenvalue weighted by Gasteiger charge is 2.60. The second kappa shape index (κ2) is 5.57. The van der Waals surface area contributed by atoms with Gasteiger partial charge in [0.15, 0.2) is 0 Å². The van der Waals surface area contributed by atoms with Gasteiger partial charge in [0.2, 0.25) is 0 Å². The zero-order valence-corrected chi connectivity index (χ0v) is 15.1. The molecule has 5 nitrogen and oxygen atoms in total. The van der Waals surface area contributed by atoms with Gasteiger partial charge in [-0.2, -0.15) is 0 Å². The highest BCUT2D eigenvalue weighted by atomic mass is 32.1. The van der Waals surface area contributed by atoms with Crippen molar-refractivity contribution < 1.29 is 18.5 Å². The van der Waals surface area contributed by atoms with Gasteiger partial charge in [-0.3, -0.25) is 4.79 Å². The fourth-order valence-corrected chi connectivity index (χ4v) is 5.21. The number of ether oxygens (including phenoxy) is 1. The molecule has 4 aliphatic rings. The van der Waals surface area contributed by atoms with E-state index in [-0.39, 0.29) is 11.5 Å². The van der Waals surface area contributed by atoms with Crippen LogP contribution < -0.4 is 5.32 Å². The van der Waals surface area contributed by atoms with Crippen LogP contribution >= 0.6 is 12.9 Å². The summed E-state index contributed by atoms with van der Waals surface area (Å²) in [5, 5.41) is 3.00. The highest BCUT2D eigenvalue weighted by molar-refractivity contribution is 7.75. The van der Waals surface area contributed by atoms with Gasteiger partial charge in [-0.15, -0.1) is 0 Å². The van der Waals surface area contributed by atoms with Crippen molar-refractivity contribution in [1.82, 2.24) is 5.32 Å². The van der Waals surface area contributed by atoms with Crippen molar-refractivity contribution in [2.45, 2.75) is 76.9 Å². The molecule has 0 aromatic carbocycles. The minimum Gasteiger partial charge on any atom is -0.459 e. The van der Waals surface area contributed by atoms with Crippen molar-refractivity contribution in [1.29, 1.82) is 0 Å². The summed E-state index contributed by atoms with van der Waals surface area (Å²) in [4.78, 5) is 24.3. The number of thiol groups is 1. The Morgan fingerprint density at radius 1 is 1.22 bits per heavy atom. The molecule has 0 aromatic heterocycles. The van der Waals surface area contributed by atoms with Crippen molar-refractivity contribution in [2.24, 2.45) is 17.3 Å². The lowest BCUT2D eigenvalue weighted by Crippen LogP contribution is -2.66. The summed E-state index contributed by atoms with van der Waals surface area (Å²) in [5.41, 5.74) is -1.19. The number of esters is 1. The average molecular weight is 341 g/mol. The van der Waals surface area contributed by atoms with Gasteiger partial charge in [0.1, 0.15) is 5.60 Å². The summed E-state index contributed by atoms with van der Waals surface area (Å²) >= 11 is 3.59. The molecule has 1 amide bonds. The minimum atomic E-state index is -0.509. The Bertz CT molecular complexity index is 505. The topological polar surface area (TPSA) is 64.6 Å². The molecule has 0 radical (unpaired) electrons. The lowest BCUT2D eigenvalue weighted by atomic mass is 9.51. The van der Waals surface area contributed by atoms with Crippen molar-refractivity contribution in [3.63, 3.8) is 0 Å². The third-order valence-electron chi connectivity index (χ3n) is 6.20. The first-order valence-electron chi connectivity index (χ1n) is 8.58. The molecule has 0 saturated heterocycles. The van der Waals surface area contributed by atoms with E-state index >= 15 is 0 Å². The Morgan fingerprint density at radius 2 is 1.83 bits per heavy atom. The molecule has 4 aliphatic carbocycles. The van der Waals surface area contributed by atoms with E-state index in [1.54, 1.807) is 0 Å². The van der Waals surface area contributed by atoms with E-state index in [1.165, 1.54) is 6.42 Å². The quantitative estimate of drug-likeness (QED) is 0.466. The predicted octanol–water partition coefficient (Wildman–Crippen LogP) is 3.63. The number of carbonyl (C=O) groups is 2. The van der Waals surface area contributed by atoms with Crippen LogP contribution in [0, 0.1) is 17.3 Å². The summed E-state index contributed by atoms with van der Waals surface area (Å²) in [6.45, 7) is 5.87. The normalized spacial score (nSPS) is 38.3. The van der Waals surface area contributed by atoms with Crippen molar-refractivity contribution in [3.8, 4) is 0 Å². The molecule has 130 valence electrons. The molecule has 4 bridgehead atoms. The summed E-state index contributed by atoms with van der Waals surface area (Å²) < 4.78 is 10.6. The molecule has 2 unspecified atom stereocenters. The zero-order chi connectivity index (χ0) is 16.9. The molecule has 0 aromatic rings. The first kappa shape index (κ1) is 16.9. The van der Waals surface area contributed by atoms with E-state index in [2.05, 4.69) is 22.4 Å². The molecule has 4 saturated carbocycles. The summed E-state index contributed by atoms with van der Waals surface area (Å²) in [6, 6.07) is 0. The Morgan fingerprint density at radius 3 is 2.35 bits per heavy atom. The van der Waals surface area contributed by atoms with Crippen molar-refractivity contribution in [2.75, 3.05) is 0 Å². The molecule has 6 heteroatoms. The fraction of sp³-hybridized carbons (Fsp3) is 0.882. The van der Waals surface area contributed by atoms with E-state index in [0.717, 1.165) is 32.1 Å². The highest BCUT2D eigenvalue weighted by Crippen LogP contribution is 2.59. The minimum absolute atomic E-state index is 0.117. The molecule has 2 atom stereocenters. The number of carbonyl (C=O) groups excluding carboxylic acids is 2. The average Bonchev–Trinajstić information content (AvgIpc) is 2.44. The first-order chi connectivity index (χ1) is 10.7. The maximum Gasteiger partial charge on any atom is 0.419 e. The van der Waals surface area contributed by atoms with Crippen molar-refractivity contribution in [3.05, 3.63) is 0 Å². The third-order valence-corrected chi connectivity index (χ3v) is 6.37. The van der Waals surface area contributed by atoms with Gasteiger partial charge in [0.25, 0.3) is 0 Å². The van der Waals surface area contributed by atoms with Crippen molar-refractivity contribution >= 4 is 25.0 Å². The molecule has 1 N–H and O–H groups in total. The van der Waals surface area contributed by atoms with Crippen LogP contribution in [0.5, 0.6) is 0 Å². The second-order valence-electron chi connectivity index (χ2n) is 8.56. The van der Waals surface area contributed by atoms with Crippen LogP contribution in [0.3, 0.4) is 0 Å². The van der Waals surface area contributed by atoms with Crippen LogP contribution in [0.2, 0.25) is 0 Å². The number of rotatable bonds is 4. The Balaban J connectivity index is 1.80. The van der Waals surface area contributed by atoms with Gasteiger partial charge in [0, 0.05) is 24.9 Å². The van der Waals surface area contributed by atoms with Gasteiger partial charge >= 0.3 is 12.1 Å². The Kier molecular flexibility index (Phi) is 4.10. The van der Waals surface area contributed by atoms with E-state index in [1.807, 2.05) is 20.8 Å². The molecule has 0 heterocycles. The van der Waals surface area contributed by atoms with Crippen LogP contribution in [0.15, 0.2) is 0 Å². The maximum absolute atomic E-state index is 12.6. The molecule has 0 spiro atoms. The van der Waals surface area contributed by atoms with E-state index in [9.17, 15) is 9.59 Å². The van der Waals surface area contributed by atoms with Crippen LogP contribution in [-0.4, -0.2) is 23.2 Å². The van der Waals surface area contributed by atoms with Crippen LogP contribution in [0.1, 0.15) is 65.7 Å². The summed E-state index contributed by atoms with van der Waals surface area (Å²) in [6.07, 6.45) is 5.86. The summed E-state index contributed by atoms with van der Waals surface area (Å²) in [5.74, 6) is 0.900. The van der Waals surface area contributed by atoms with Gasteiger partial charge < -0.3 is 14.2 Å². The van der Waals surface area contributed by atoms with Gasteiger partial charge in [-0.25, -0.2) is 4.79 Å². The molecular formula is C17H27NO4S. The summed E-state index contributed by atoms with van der Waals surface area (Å²) in [7, 11) is 0. The Labute approximate surface area is 143 Å². The third kappa shape index (κ3) is 3.06. The molecule has 0 aliphatic heterocycles. The van der Waals surface area contributed by atoms with Gasteiger partial charge in [-0.05, 0) is 64.2 Å². The number of hydrogen-bond acceptors (Lipinski definition) is 5. The lowest BCUT2D eigenvalue weighted by Gasteiger charge is -2.61. The molecule has 23 heavy (non-hydrogen) atoms. The van der Waals surface area contributed by atoms with Crippen LogP contribution in [0.4, 0.5) is 4.79 Å². The van der Waals surface area contributed by atoms with E-state index < -0.39 is 17.1 Å². The number of hydrogen-bond donors (Lipinski definition) is 2. The second-order valence-corrected chi connectivity index (χ2v) is 8.74. The van der Waals surface area contributed by atoms with Gasteiger partial charge in [-0.1, -0.05) is 6.92 Å². The predicted molar refractivity (Wildman–Crippen MR) is 88.9 cm³/mol.